The molecule has 0 spiro atoms. The topological polar surface area (TPSA) is 52.6 Å². The monoisotopic (exact) mass is 398 g/mol. The fourth-order valence-corrected chi connectivity index (χ4v) is 3.51. The van der Waals surface area contributed by atoms with E-state index in [0.717, 1.165) is 30.8 Å². The maximum atomic E-state index is 13.2. The van der Waals surface area contributed by atoms with Gasteiger partial charge in [0.2, 0.25) is 0 Å². The molecule has 2 aromatic rings. The van der Waals surface area contributed by atoms with Crippen LogP contribution in [0, 0.1) is 0 Å². The van der Waals surface area contributed by atoms with Crippen molar-refractivity contribution < 1.29 is 23.1 Å². The molecule has 1 unspecified atom stereocenters. The van der Waals surface area contributed by atoms with Crippen molar-refractivity contribution in [1.29, 1.82) is 0 Å². The van der Waals surface area contributed by atoms with Gasteiger partial charge in [-0.2, -0.15) is 13.2 Å². The van der Waals surface area contributed by atoms with Crippen molar-refractivity contribution in [2.45, 2.75) is 25.1 Å². The lowest BCUT2D eigenvalue weighted by molar-refractivity contribution is -0.137. The normalized spacial score (nSPS) is 17.6. The molecular weight excluding hydrogens is 381 g/mol. The molecule has 8 heteroatoms. The van der Waals surface area contributed by atoms with E-state index >= 15 is 0 Å². The summed E-state index contributed by atoms with van der Waals surface area (Å²) in [6, 6.07) is 9.44. The van der Waals surface area contributed by atoms with Crippen LogP contribution >= 0.6 is 11.6 Å². The van der Waals surface area contributed by atoms with Crippen molar-refractivity contribution in [2.24, 2.45) is 0 Å². The van der Waals surface area contributed by atoms with E-state index < -0.39 is 29.0 Å². The SMILES string of the molecule is O=C(NC1CCCN(c2ccccc2Cl)C1)c1cc(O)ccc1C(F)(F)F. The fourth-order valence-electron chi connectivity index (χ4n) is 3.25. The van der Waals surface area contributed by atoms with Crippen LogP contribution in [-0.4, -0.2) is 30.1 Å². The predicted molar refractivity (Wildman–Crippen MR) is 97.3 cm³/mol. The molecule has 0 radical (unpaired) electrons. The van der Waals surface area contributed by atoms with Crippen LogP contribution in [0.15, 0.2) is 42.5 Å². The van der Waals surface area contributed by atoms with Crippen LogP contribution in [0.2, 0.25) is 5.02 Å². The maximum Gasteiger partial charge on any atom is 0.417 e. The van der Waals surface area contributed by atoms with E-state index in [1.165, 1.54) is 0 Å². The Labute approximate surface area is 159 Å². The van der Waals surface area contributed by atoms with Crippen molar-refractivity contribution in [2.75, 3.05) is 18.0 Å². The summed E-state index contributed by atoms with van der Waals surface area (Å²) in [4.78, 5) is 14.5. The number of phenolic OH excluding ortho intramolecular Hbond substituents is 1. The summed E-state index contributed by atoms with van der Waals surface area (Å²) < 4.78 is 39.5. The zero-order valence-corrected chi connectivity index (χ0v) is 15.0. The molecular formula is C19H18ClF3N2O2. The number of hydrogen-bond acceptors (Lipinski definition) is 3. The molecule has 4 nitrogen and oxygen atoms in total. The summed E-state index contributed by atoms with van der Waals surface area (Å²) in [6.45, 7) is 1.19. The number of nitrogens with one attached hydrogen (secondary N) is 1. The van der Waals surface area contributed by atoms with E-state index in [-0.39, 0.29) is 6.04 Å². The number of alkyl halides is 3. The highest BCUT2D eigenvalue weighted by molar-refractivity contribution is 6.33. The molecule has 1 aliphatic rings. The van der Waals surface area contributed by atoms with Gasteiger partial charge in [0.25, 0.3) is 5.91 Å². The predicted octanol–water partition coefficient (Wildman–Crippen LogP) is 4.46. The van der Waals surface area contributed by atoms with Gasteiger partial charge in [-0.05, 0) is 43.2 Å². The third-order valence-corrected chi connectivity index (χ3v) is 4.82. The van der Waals surface area contributed by atoms with Crippen LogP contribution in [0.1, 0.15) is 28.8 Å². The second-order valence-corrected chi connectivity index (χ2v) is 6.84. The van der Waals surface area contributed by atoms with E-state index in [0.29, 0.717) is 24.1 Å². The summed E-state index contributed by atoms with van der Waals surface area (Å²) in [5.41, 5.74) is -0.833. The first-order valence-corrected chi connectivity index (χ1v) is 8.84. The van der Waals surface area contributed by atoms with Gasteiger partial charge >= 0.3 is 6.18 Å². The summed E-state index contributed by atoms with van der Waals surface area (Å²) in [5.74, 6) is -1.25. The number of aromatic hydroxyl groups is 1. The van der Waals surface area contributed by atoms with Gasteiger partial charge in [0.15, 0.2) is 0 Å². The van der Waals surface area contributed by atoms with Crippen LogP contribution in [0.5, 0.6) is 5.75 Å². The number of carbonyl (C=O) groups is 1. The molecule has 1 fully saturated rings. The summed E-state index contributed by atoms with van der Waals surface area (Å²) in [5, 5.41) is 12.7. The van der Waals surface area contributed by atoms with E-state index in [9.17, 15) is 23.1 Å². The lowest BCUT2D eigenvalue weighted by Crippen LogP contribution is -2.48. The summed E-state index contributed by atoms with van der Waals surface area (Å²) >= 11 is 6.21. The second kappa shape index (κ2) is 7.68. The summed E-state index contributed by atoms with van der Waals surface area (Å²) in [6.07, 6.45) is -3.27. The number of benzene rings is 2. The van der Waals surface area contributed by atoms with Crippen LogP contribution in [0.4, 0.5) is 18.9 Å². The molecule has 1 aliphatic heterocycles. The number of para-hydroxylation sites is 1. The number of rotatable bonds is 3. The zero-order chi connectivity index (χ0) is 19.6. The Kier molecular flexibility index (Phi) is 5.51. The largest absolute Gasteiger partial charge is 0.508 e. The van der Waals surface area contributed by atoms with Crippen LogP contribution in [-0.2, 0) is 6.18 Å². The molecule has 27 heavy (non-hydrogen) atoms. The van der Waals surface area contributed by atoms with E-state index in [1.807, 2.05) is 23.1 Å². The number of piperidine rings is 1. The molecule has 2 N–H and O–H groups in total. The maximum absolute atomic E-state index is 13.2. The average molecular weight is 399 g/mol. The Morgan fingerprint density at radius 2 is 1.96 bits per heavy atom. The van der Waals surface area contributed by atoms with Gasteiger partial charge < -0.3 is 15.3 Å². The van der Waals surface area contributed by atoms with Gasteiger partial charge in [0, 0.05) is 19.1 Å². The number of carbonyl (C=O) groups excluding carboxylic acids is 1. The molecule has 0 saturated carbocycles. The molecule has 1 heterocycles. The highest BCUT2D eigenvalue weighted by atomic mass is 35.5. The van der Waals surface area contributed by atoms with Crippen molar-refractivity contribution in [3.63, 3.8) is 0 Å². The van der Waals surface area contributed by atoms with Crippen molar-refractivity contribution in [3.8, 4) is 5.75 Å². The van der Waals surface area contributed by atoms with E-state index in [1.54, 1.807) is 6.07 Å². The first-order chi connectivity index (χ1) is 12.8. The molecule has 0 aliphatic carbocycles. The Morgan fingerprint density at radius 3 is 2.67 bits per heavy atom. The van der Waals surface area contributed by atoms with Crippen molar-refractivity contribution in [1.82, 2.24) is 5.32 Å². The van der Waals surface area contributed by atoms with E-state index in [2.05, 4.69) is 5.32 Å². The number of halogens is 4. The molecule has 2 aromatic carbocycles. The van der Waals surface area contributed by atoms with Gasteiger partial charge in [-0.15, -0.1) is 0 Å². The number of amides is 1. The van der Waals surface area contributed by atoms with Crippen LogP contribution in [0.3, 0.4) is 0 Å². The first-order valence-electron chi connectivity index (χ1n) is 8.46. The average Bonchev–Trinajstić information content (AvgIpc) is 2.61. The van der Waals surface area contributed by atoms with Gasteiger partial charge in [-0.3, -0.25) is 4.79 Å². The number of anilines is 1. The highest BCUT2D eigenvalue weighted by Crippen LogP contribution is 2.34. The van der Waals surface area contributed by atoms with Crippen LogP contribution < -0.4 is 10.2 Å². The molecule has 0 aromatic heterocycles. The number of nitrogens with zero attached hydrogens (tertiary/aromatic N) is 1. The second-order valence-electron chi connectivity index (χ2n) is 6.44. The van der Waals surface area contributed by atoms with E-state index in [4.69, 9.17) is 11.6 Å². The van der Waals surface area contributed by atoms with Gasteiger partial charge in [-0.25, -0.2) is 0 Å². The molecule has 144 valence electrons. The van der Waals surface area contributed by atoms with Crippen molar-refractivity contribution in [3.05, 3.63) is 58.6 Å². The standard InChI is InChI=1S/C19H18ClF3N2O2/c20-16-5-1-2-6-17(16)25-9-3-4-12(11-25)24-18(27)14-10-13(26)7-8-15(14)19(21,22)23/h1-2,5-8,10,12,26H,3-4,9,11H2,(H,24,27). The first kappa shape index (κ1) is 19.4. The minimum atomic E-state index is -4.68. The molecule has 1 atom stereocenters. The lowest BCUT2D eigenvalue weighted by atomic mass is 10.0. The minimum Gasteiger partial charge on any atom is -0.508 e. The number of phenols is 1. The highest BCUT2D eigenvalue weighted by Gasteiger charge is 2.36. The quantitative estimate of drug-likeness (QED) is 0.802. The molecule has 0 bridgehead atoms. The van der Waals surface area contributed by atoms with Gasteiger partial charge in [0.1, 0.15) is 5.75 Å². The van der Waals surface area contributed by atoms with Gasteiger partial charge in [-0.1, -0.05) is 23.7 Å². The Morgan fingerprint density at radius 1 is 1.22 bits per heavy atom. The fraction of sp³-hybridized carbons (Fsp3) is 0.316. The lowest BCUT2D eigenvalue weighted by Gasteiger charge is -2.35. The van der Waals surface area contributed by atoms with Crippen LogP contribution in [0.25, 0.3) is 0 Å². The molecule has 1 amide bonds. The molecule has 1 saturated heterocycles. The Hall–Kier alpha value is -2.41. The Bertz CT molecular complexity index is 842. The van der Waals surface area contributed by atoms with Gasteiger partial charge in [0.05, 0.1) is 21.8 Å². The summed E-state index contributed by atoms with van der Waals surface area (Å²) in [7, 11) is 0. The molecule has 3 rings (SSSR count). The Balaban J connectivity index is 1.77. The third kappa shape index (κ3) is 4.47. The minimum absolute atomic E-state index is 0.328. The number of hydrogen-bond donors (Lipinski definition) is 2. The third-order valence-electron chi connectivity index (χ3n) is 4.50. The van der Waals surface area contributed by atoms with Crippen molar-refractivity contribution >= 4 is 23.2 Å². The zero-order valence-electron chi connectivity index (χ0n) is 14.3. The smallest absolute Gasteiger partial charge is 0.417 e.